The largest absolute Gasteiger partial charge is 0.378 e. The summed E-state index contributed by atoms with van der Waals surface area (Å²) in [6.07, 6.45) is 1.03. The predicted octanol–water partition coefficient (Wildman–Crippen LogP) is 2.21. The Morgan fingerprint density at radius 2 is 2.28 bits per heavy atom. The number of nitrogens with two attached hydrogens (primary N) is 1. The second-order valence-electron chi connectivity index (χ2n) is 3.57. The lowest BCUT2D eigenvalue weighted by Crippen LogP contribution is -2.08. The van der Waals surface area contributed by atoms with Gasteiger partial charge in [-0.3, -0.25) is 10.1 Å². The van der Waals surface area contributed by atoms with E-state index in [2.05, 4.69) is 5.10 Å². The SMILES string of the molecule is Nc1c([N+](=O)[O-])cnn1Cc1ccc(Cl)cc1F. The van der Waals surface area contributed by atoms with Crippen LogP contribution in [0, 0.1) is 15.9 Å². The molecule has 0 bridgehead atoms. The summed E-state index contributed by atoms with van der Waals surface area (Å²) in [5.41, 5.74) is 5.54. The van der Waals surface area contributed by atoms with Gasteiger partial charge in [0.05, 0.1) is 11.5 Å². The smallest absolute Gasteiger partial charge is 0.330 e. The third-order valence-electron chi connectivity index (χ3n) is 2.39. The predicted molar refractivity (Wildman–Crippen MR) is 63.8 cm³/mol. The molecular formula is C10H8ClFN4O2. The summed E-state index contributed by atoms with van der Waals surface area (Å²) in [4.78, 5) is 9.94. The highest BCUT2D eigenvalue weighted by atomic mass is 35.5. The van der Waals surface area contributed by atoms with Crippen LogP contribution in [0.1, 0.15) is 5.56 Å². The molecule has 1 heterocycles. The van der Waals surface area contributed by atoms with Crippen LogP contribution in [0.25, 0.3) is 0 Å². The molecule has 0 radical (unpaired) electrons. The zero-order chi connectivity index (χ0) is 13.3. The Balaban J connectivity index is 2.32. The average molecular weight is 271 g/mol. The molecule has 0 fully saturated rings. The first-order chi connectivity index (χ1) is 8.49. The molecule has 0 atom stereocenters. The van der Waals surface area contributed by atoms with E-state index in [9.17, 15) is 14.5 Å². The molecule has 2 aromatic rings. The maximum absolute atomic E-state index is 13.5. The van der Waals surface area contributed by atoms with Crippen molar-refractivity contribution in [3.05, 3.63) is 50.9 Å². The molecular weight excluding hydrogens is 263 g/mol. The number of hydrogen-bond acceptors (Lipinski definition) is 4. The summed E-state index contributed by atoms with van der Waals surface area (Å²) < 4.78 is 14.7. The summed E-state index contributed by atoms with van der Waals surface area (Å²) in [5.74, 6) is -0.630. The van der Waals surface area contributed by atoms with E-state index in [1.54, 1.807) is 0 Å². The normalized spacial score (nSPS) is 10.6. The maximum Gasteiger partial charge on any atom is 0.330 e. The minimum atomic E-state index is -0.642. The van der Waals surface area contributed by atoms with Crippen molar-refractivity contribution in [1.82, 2.24) is 9.78 Å². The molecule has 0 aliphatic heterocycles. The fourth-order valence-corrected chi connectivity index (χ4v) is 1.62. The van der Waals surface area contributed by atoms with E-state index < -0.39 is 10.7 Å². The highest BCUT2D eigenvalue weighted by Gasteiger charge is 2.18. The van der Waals surface area contributed by atoms with Crippen molar-refractivity contribution in [2.75, 3.05) is 5.73 Å². The Kier molecular flexibility index (Phi) is 3.15. The molecule has 0 unspecified atom stereocenters. The monoisotopic (exact) mass is 270 g/mol. The quantitative estimate of drug-likeness (QED) is 0.684. The lowest BCUT2D eigenvalue weighted by molar-refractivity contribution is -0.384. The van der Waals surface area contributed by atoms with Crippen molar-refractivity contribution in [3.8, 4) is 0 Å². The molecule has 94 valence electrons. The molecule has 0 aliphatic rings. The van der Waals surface area contributed by atoms with Gasteiger partial charge in [-0.15, -0.1) is 0 Å². The minimum absolute atomic E-state index is 0.00265. The van der Waals surface area contributed by atoms with Gasteiger partial charge >= 0.3 is 5.69 Å². The third kappa shape index (κ3) is 2.25. The van der Waals surface area contributed by atoms with E-state index in [0.717, 1.165) is 16.9 Å². The lowest BCUT2D eigenvalue weighted by atomic mass is 10.2. The molecule has 18 heavy (non-hydrogen) atoms. The van der Waals surface area contributed by atoms with Crippen LogP contribution < -0.4 is 5.73 Å². The number of nitrogen functional groups attached to an aromatic ring is 1. The third-order valence-corrected chi connectivity index (χ3v) is 2.63. The lowest BCUT2D eigenvalue weighted by Gasteiger charge is -2.05. The molecule has 8 heteroatoms. The second-order valence-corrected chi connectivity index (χ2v) is 4.00. The van der Waals surface area contributed by atoms with E-state index in [1.165, 1.54) is 12.1 Å². The zero-order valence-electron chi connectivity index (χ0n) is 9.01. The van der Waals surface area contributed by atoms with Crippen LogP contribution in [0.5, 0.6) is 0 Å². The first kappa shape index (κ1) is 12.3. The highest BCUT2D eigenvalue weighted by Crippen LogP contribution is 2.22. The molecule has 2 rings (SSSR count). The van der Waals surface area contributed by atoms with E-state index in [-0.39, 0.29) is 23.1 Å². The van der Waals surface area contributed by atoms with Crippen molar-refractivity contribution in [3.63, 3.8) is 0 Å². The Bertz CT molecular complexity index is 614. The van der Waals surface area contributed by atoms with E-state index in [0.29, 0.717) is 5.56 Å². The van der Waals surface area contributed by atoms with Crippen molar-refractivity contribution in [2.24, 2.45) is 0 Å². The van der Waals surface area contributed by atoms with Gasteiger partial charge in [-0.25, -0.2) is 9.07 Å². The second kappa shape index (κ2) is 4.61. The number of nitro groups is 1. The summed E-state index contributed by atoms with van der Waals surface area (Å²) in [7, 11) is 0. The van der Waals surface area contributed by atoms with Crippen LogP contribution in [0.15, 0.2) is 24.4 Å². The summed E-state index contributed by atoms with van der Waals surface area (Å²) in [6.45, 7) is 0.00265. The van der Waals surface area contributed by atoms with Crippen LogP contribution in [0.3, 0.4) is 0 Å². The Hall–Kier alpha value is -2.15. The molecule has 0 spiro atoms. The Morgan fingerprint density at radius 1 is 1.56 bits per heavy atom. The first-order valence-electron chi connectivity index (χ1n) is 4.88. The van der Waals surface area contributed by atoms with Crippen molar-refractivity contribution in [2.45, 2.75) is 6.54 Å². The summed E-state index contributed by atoms with van der Waals surface area (Å²) in [6, 6.07) is 4.16. The van der Waals surface area contributed by atoms with Gasteiger partial charge in [0.25, 0.3) is 0 Å². The van der Waals surface area contributed by atoms with Crippen LogP contribution in [-0.2, 0) is 6.54 Å². The van der Waals surface area contributed by atoms with Crippen LogP contribution in [0.4, 0.5) is 15.9 Å². The fraction of sp³-hybridized carbons (Fsp3) is 0.100. The molecule has 1 aromatic carbocycles. The molecule has 6 nitrogen and oxygen atoms in total. The van der Waals surface area contributed by atoms with Crippen LogP contribution in [0.2, 0.25) is 5.02 Å². The molecule has 0 aliphatic carbocycles. The van der Waals surface area contributed by atoms with Gasteiger partial charge in [0.1, 0.15) is 12.0 Å². The molecule has 2 N–H and O–H groups in total. The van der Waals surface area contributed by atoms with Gasteiger partial charge in [0, 0.05) is 10.6 Å². The Labute approximate surface area is 106 Å². The van der Waals surface area contributed by atoms with Gasteiger partial charge in [0.15, 0.2) is 0 Å². The van der Waals surface area contributed by atoms with Crippen molar-refractivity contribution < 1.29 is 9.31 Å². The zero-order valence-corrected chi connectivity index (χ0v) is 9.76. The number of benzene rings is 1. The van der Waals surface area contributed by atoms with Gasteiger partial charge in [0.2, 0.25) is 5.82 Å². The van der Waals surface area contributed by atoms with Crippen molar-refractivity contribution >= 4 is 23.1 Å². The van der Waals surface area contributed by atoms with Gasteiger partial charge in [-0.2, -0.15) is 5.10 Å². The molecule has 1 aromatic heterocycles. The number of halogens is 2. The Morgan fingerprint density at radius 3 is 2.83 bits per heavy atom. The minimum Gasteiger partial charge on any atom is -0.378 e. The first-order valence-corrected chi connectivity index (χ1v) is 5.26. The number of anilines is 1. The molecule has 0 saturated heterocycles. The summed E-state index contributed by atoms with van der Waals surface area (Å²) in [5, 5.41) is 14.6. The maximum atomic E-state index is 13.5. The van der Waals surface area contributed by atoms with Gasteiger partial charge in [-0.05, 0) is 12.1 Å². The van der Waals surface area contributed by atoms with Crippen LogP contribution >= 0.6 is 11.6 Å². The standard InChI is InChI=1S/C10H8ClFN4O2/c11-7-2-1-6(8(12)3-7)5-15-10(13)9(4-14-15)16(17)18/h1-4H,5,13H2. The number of aromatic nitrogens is 2. The number of rotatable bonds is 3. The van der Waals surface area contributed by atoms with Crippen molar-refractivity contribution in [1.29, 1.82) is 0 Å². The number of hydrogen-bond donors (Lipinski definition) is 1. The van der Waals surface area contributed by atoms with E-state index >= 15 is 0 Å². The van der Waals surface area contributed by atoms with Gasteiger partial charge in [-0.1, -0.05) is 17.7 Å². The summed E-state index contributed by atoms with van der Waals surface area (Å²) >= 11 is 5.62. The fourth-order valence-electron chi connectivity index (χ4n) is 1.46. The topological polar surface area (TPSA) is 87.0 Å². The molecule has 0 amide bonds. The van der Waals surface area contributed by atoms with Gasteiger partial charge < -0.3 is 5.73 Å². The highest BCUT2D eigenvalue weighted by molar-refractivity contribution is 6.30. The molecule has 0 saturated carbocycles. The van der Waals surface area contributed by atoms with Crippen LogP contribution in [-0.4, -0.2) is 14.7 Å². The average Bonchev–Trinajstić information content (AvgIpc) is 2.64. The van der Waals surface area contributed by atoms with E-state index in [1.807, 2.05) is 0 Å². The number of nitrogens with zero attached hydrogens (tertiary/aromatic N) is 3. The van der Waals surface area contributed by atoms with E-state index in [4.69, 9.17) is 17.3 Å².